The van der Waals surface area contributed by atoms with Crippen LogP contribution in [0.1, 0.15) is 37.3 Å². The zero-order valence-corrected chi connectivity index (χ0v) is 15.3. The number of carbonyl (C=O) groups is 1. The number of ketones is 1. The number of fused-ring (bicyclic) bond motifs is 2. The lowest BCUT2D eigenvalue weighted by Crippen LogP contribution is -2.22. The Kier molecular flexibility index (Phi) is 4.36. The molecule has 0 amide bonds. The molecule has 2 aliphatic rings. The van der Waals surface area contributed by atoms with E-state index in [4.69, 9.17) is 11.6 Å². The fourth-order valence-electron chi connectivity index (χ4n) is 4.28. The van der Waals surface area contributed by atoms with Gasteiger partial charge >= 0.3 is 0 Å². The van der Waals surface area contributed by atoms with E-state index in [-0.39, 0.29) is 23.4 Å². The summed E-state index contributed by atoms with van der Waals surface area (Å²) in [7, 11) is 0. The first-order chi connectivity index (χ1) is 12.5. The Bertz CT molecular complexity index is 932. The molecule has 2 atom stereocenters. The first kappa shape index (κ1) is 17.3. The molecule has 1 N–H and O–H groups in total. The van der Waals surface area contributed by atoms with Crippen LogP contribution in [0.4, 0.5) is 4.39 Å². The Hall–Kier alpha value is -2.13. The Morgan fingerprint density at radius 2 is 1.88 bits per heavy atom. The second-order valence-corrected chi connectivity index (χ2v) is 7.62. The van der Waals surface area contributed by atoms with Crippen LogP contribution in [-0.2, 0) is 11.2 Å². The summed E-state index contributed by atoms with van der Waals surface area (Å²) in [6, 6.07) is 10.2. The van der Waals surface area contributed by atoms with E-state index in [0.717, 1.165) is 36.8 Å². The average Bonchev–Trinajstić information content (AvgIpc) is 3.07. The van der Waals surface area contributed by atoms with Crippen LogP contribution in [0.3, 0.4) is 0 Å². The quantitative estimate of drug-likeness (QED) is 0.721. The van der Waals surface area contributed by atoms with Crippen molar-refractivity contribution < 1.29 is 14.3 Å². The third-order valence-electron chi connectivity index (χ3n) is 5.69. The summed E-state index contributed by atoms with van der Waals surface area (Å²) in [5.74, 6) is -0.0762. The van der Waals surface area contributed by atoms with E-state index in [9.17, 15) is 14.3 Å². The zero-order chi connectivity index (χ0) is 18.4. The molecule has 134 valence electrons. The maximum atomic E-state index is 14.4. The fraction of sp³-hybridized carbons (Fsp3) is 0.318. The summed E-state index contributed by atoms with van der Waals surface area (Å²) in [5.41, 5.74) is 3.27. The summed E-state index contributed by atoms with van der Waals surface area (Å²) in [6.45, 7) is 2.01. The van der Waals surface area contributed by atoms with Gasteiger partial charge in [0.15, 0.2) is 5.78 Å². The van der Waals surface area contributed by atoms with Gasteiger partial charge in [0.1, 0.15) is 11.6 Å². The molecule has 2 aromatic carbocycles. The van der Waals surface area contributed by atoms with E-state index in [2.05, 4.69) is 0 Å². The predicted octanol–water partition coefficient (Wildman–Crippen LogP) is 5.98. The molecule has 4 heteroatoms. The van der Waals surface area contributed by atoms with Crippen LogP contribution >= 0.6 is 11.6 Å². The highest BCUT2D eigenvalue weighted by molar-refractivity contribution is 6.30. The van der Waals surface area contributed by atoms with Crippen LogP contribution < -0.4 is 0 Å². The highest BCUT2D eigenvalue weighted by Gasteiger charge is 2.41. The third kappa shape index (κ3) is 2.75. The molecule has 2 unspecified atom stereocenters. The highest BCUT2D eigenvalue weighted by atomic mass is 35.5. The van der Waals surface area contributed by atoms with Crippen molar-refractivity contribution in [1.82, 2.24) is 0 Å². The molecular formula is C22H20ClFO2. The van der Waals surface area contributed by atoms with Gasteiger partial charge in [0.25, 0.3) is 0 Å². The summed E-state index contributed by atoms with van der Waals surface area (Å²) >= 11 is 5.86. The Morgan fingerprint density at radius 1 is 1.12 bits per heavy atom. The fourth-order valence-corrected chi connectivity index (χ4v) is 4.44. The van der Waals surface area contributed by atoms with Crippen molar-refractivity contribution in [2.45, 2.75) is 32.6 Å². The number of aliphatic hydroxyl groups is 1. The maximum Gasteiger partial charge on any atom is 0.169 e. The van der Waals surface area contributed by atoms with Crippen LogP contribution in [0.25, 0.3) is 16.7 Å². The van der Waals surface area contributed by atoms with Crippen molar-refractivity contribution in [3.8, 4) is 11.1 Å². The number of rotatable bonds is 3. The van der Waals surface area contributed by atoms with E-state index in [1.165, 1.54) is 6.07 Å². The standard InChI is InChI=1S/C22H20ClFO2/c1-2-12-3-4-13(17-8-7-16(23)11-19(17)24)10-18(12)20-21(25)14-5-6-15(9-14)22(20)26/h3-4,7-8,10-11,14-15,25H,2,5-6,9H2,1H3. The summed E-state index contributed by atoms with van der Waals surface area (Å²) < 4.78 is 14.4. The van der Waals surface area contributed by atoms with E-state index < -0.39 is 5.82 Å². The van der Waals surface area contributed by atoms with E-state index in [1.807, 2.05) is 25.1 Å². The number of benzene rings is 2. The number of hydrogen-bond donors (Lipinski definition) is 1. The van der Waals surface area contributed by atoms with Gasteiger partial charge in [-0.05, 0) is 66.6 Å². The van der Waals surface area contributed by atoms with Gasteiger partial charge in [-0.1, -0.05) is 30.7 Å². The Morgan fingerprint density at radius 3 is 2.62 bits per heavy atom. The molecule has 1 saturated carbocycles. The SMILES string of the molecule is CCc1ccc(-c2ccc(Cl)cc2F)cc1C1=C(O)C2CCC(C2)C1=O. The number of hydrogen-bond acceptors (Lipinski definition) is 2. The van der Waals surface area contributed by atoms with Crippen molar-refractivity contribution in [3.63, 3.8) is 0 Å². The van der Waals surface area contributed by atoms with Crippen molar-refractivity contribution in [2.75, 3.05) is 0 Å². The van der Waals surface area contributed by atoms with Crippen molar-refractivity contribution in [3.05, 3.63) is 64.1 Å². The molecule has 2 nitrogen and oxygen atoms in total. The smallest absolute Gasteiger partial charge is 0.169 e. The molecule has 0 radical (unpaired) electrons. The van der Waals surface area contributed by atoms with E-state index >= 15 is 0 Å². The van der Waals surface area contributed by atoms with Crippen LogP contribution in [-0.4, -0.2) is 10.9 Å². The second-order valence-electron chi connectivity index (χ2n) is 7.18. The van der Waals surface area contributed by atoms with Gasteiger partial charge in [-0.15, -0.1) is 0 Å². The first-order valence-corrected chi connectivity index (χ1v) is 9.43. The predicted molar refractivity (Wildman–Crippen MR) is 102 cm³/mol. The number of carbonyl (C=O) groups excluding carboxylic acids is 1. The Labute approximate surface area is 157 Å². The molecule has 0 saturated heterocycles. The van der Waals surface area contributed by atoms with Gasteiger partial charge in [0.05, 0.1) is 5.57 Å². The number of aliphatic hydroxyl groups excluding tert-OH is 1. The molecule has 2 bridgehead atoms. The largest absolute Gasteiger partial charge is 0.511 e. The Balaban J connectivity index is 1.88. The molecule has 2 aliphatic carbocycles. The lowest BCUT2D eigenvalue weighted by molar-refractivity contribution is -0.117. The van der Waals surface area contributed by atoms with Gasteiger partial charge in [-0.2, -0.15) is 0 Å². The molecule has 4 rings (SSSR count). The molecule has 26 heavy (non-hydrogen) atoms. The van der Waals surface area contributed by atoms with Gasteiger partial charge in [-0.25, -0.2) is 4.39 Å². The third-order valence-corrected chi connectivity index (χ3v) is 5.93. The average molecular weight is 371 g/mol. The zero-order valence-electron chi connectivity index (χ0n) is 14.6. The molecule has 0 spiro atoms. The highest BCUT2D eigenvalue weighted by Crippen LogP contribution is 2.46. The van der Waals surface area contributed by atoms with Crippen molar-refractivity contribution in [2.24, 2.45) is 11.8 Å². The molecule has 2 aromatic rings. The van der Waals surface area contributed by atoms with E-state index in [1.54, 1.807) is 12.1 Å². The first-order valence-electron chi connectivity index (χ1n) is 9.05. The van der Waals surface area contributed by atoms with Gasteiger partial charge < -0.3 is 5.11 Å². The summed E-state index contributed by atoms with van der Waals surface area (Å²) in [4.78, 5) is 12.9. The number of Topliss-reactive ketones (excluding diaryl/α,β-unsaturated/α-hetero) is 1. The minimum absolute atomic E-state index is 0.00605. The maximum absolute atomic E-state index is 14.4. The normalized spacial score (nSPS) is 22.2. The molecule has 0 aliphatic heterocycles. The summed E-state index contributed by atoms with van der Waals surface area (Å²) in [6.07, 6.45) is 3.18. The number of halogens is 2. The molecule has 0 aromatic heterocycles. The van der Waals surface area contributed by atoms with Crippen molar-refractivity contribution >= 4 is 23.0 Å². The topological polar surface area (TPSA) is 37.3 Å². The second kappa shape index (κ2) is 6.55. The van der Waals surface area contributed by atoms with Gasteiger partial charge in [-0.3, -0.25) is 4.79 Å². The number of allylic oxidation sites excluding steroid dienone is 2. The van der Waals surface area contributed by atoms with Crippen LogP contribution in [0.15, 0.2) is 42.2 Å². The van der Waals surface area contributed by atoms with Gasteiger partial charge in [0.2, 0.25) is 0 Å². The molecule has 0 heterocycles. The van der Waals surface area contributed by atoms with E-state index in [0.29, 0.717) is 21.7 Å². The molecular weight excluding hydrogens is 351 g/mol. The molecule has 1 fully saturated rings. The van der Waals surface area contributed by atoms with Crippen molar-refractivity contribution in [1.29, 1.82) is 0 Å². The lowest BCUT2D eigenvalue weighted by atomic mass is 9.81. The minimum atomic E-state index is -0.402. The minimum Gasteiger partial charge on any atom is -0.511 e. The monoisotopic (exact) mass is 370 g/mol. The van der Waals surface area contributed by atoms with Crippen LogP contribution in [0, 0.1) is 17.7 Å². The summed E-state index contributed by atoms with van der Waals surface area (Å²) in [5, 5.41) is 11.1. The van der Waals surface area contributed by atoms with Crippen LogP contribution in [0.5, 0.6) is 0 Å². The van der Waals surface area contributed by atoms with Gasteiger partial charge in [0, 0.05) is 22.4 Å². The number of aryl methyl sites for hydroxylation is 1. The van der Waals surface area contributed by atoms with Crippen LogP contribution in [0.2, 0.25) is 5.02 Å². The lowest BCUT2D eigenvalue weighted by Gasteiger charge is -2.23.